The predicted molar refractivity (Wildman–Crippen MR) is 115 cm³/mol. The molecule has 0 aliphatic heterocycles. The second-order valence-corrected chi connectivity index (χ2v) is 6.72. The fourth-order valence-corrected chi connectivity index (χ4v) is 3.11. The molecule has 0 fully saturated rings. The van der Waals surface area contributed by atoms with E-state index >= 15 is 0 Å². The van der Waals surface area contributed by atoms with Gasteiger partial charge in [0, 0.05) is 25.2 Å². The van der Waals surface area contributed by atoms with Crippen LogP contribution in [0.3, 0.4) is 0 Å². The molecule has 2 N–H and O–H groups in total. The molecule has 0 aliphatic rings. The van der Waals surface area contributed by atoms with E-state index in [0.29, 0.717) is 29.5 Å². The van der Waals surface area contributed by atoms with Crippen molar-refractivity contribution in [1.29, 1.82) is 0 Å². The standard InChI is InChI=1S/C21H23N3O3S/c1-22-21(28)24(12-14-4-7-17(26-2)8-5-14)13-16-10-15-6-9-18(27-3)11-19(15)23-20(16)25/h4-11H,12-13H2,1-3H3,(H,22,28)(H,23,25). The summed E-state index contributed by atoms with van der Waals surface area (Å²) in [6, 6.07) is 15.3. The quantitative estimate of drug-likeness (QED) is 0.623. The van der Waals surface area contributed by atoms with Crippen molar-refractivity contribution in [3.8, 4) is 11.5 Å². The summed E-state index contributed by atoms with van der Waals surface area (Å²) in [5.41, 5.74) is 2.31. The molecule has 6 nitrogen and oxygen atoms in total. The molecule has 0 saturated heterocycles. The molecule has 0 radical (unpaired) electrons. The maximum Gasteiger partial charge on any atom is 0.253 e. The van der Waals surface area contributed by atoms with Crippen LogP contribution in [0.25, 0.3) is 10.9 Å². The van der Waals surface area contributed by atoms with E-state index in [1.807, 2.05) is 53.4 Å². The van der Waals surface area contributed by atoms with Crippen LogP contribution < -0.4 is 20.3 Å². The first-order valence-electron chi connectivity index (χ1n) is 8.83. The molecule has 3 aromatic rings. The highest BCUT2D eigenvalue weighted by molar-refractivity contribution is 7.80. The molecule has 0 unspecified atom stereocenters. The van der Waals surface area contributed by atoms with Crippen molar-refractivity contribution in [3.05, 3.63) is 70.0 Å². The molecule has 0 aliphatic carbocycles. The zero-order valence-electron chi connectivity index (χ0n) is 16.1. The van der Waals surface area contributed by atoms with Crippen molar-refractivity contribution in [2.45, 2.75) is 13.1 Å². The number of fused-ring (bicyclic) bond motifs is 1. The van der Waals surface area contributed by atoms with E-state index in [9.17, 15) is 4.79 Å². The maximum absolute atomic E-state index is 12.6. The lowest BCUT2D eigenvalue weighted by Gasteiger charge is -2.25. The minimum atomic E-state index is -0.139. The van der Waals surface area contributed by atoms with Crippen LogP contribution in [0, 0.1) is 0 Å². The lowest BCUT2D eigenvalue weighted by Crippen LogP contribution is -2.38. The predicted octanol–water partition coefficient (Wildman–Crippen LogP) is 3.05. The molecule has 1 heterocycles. The summed E-state index contributed by atoms with van der Waals surface area (Å²) in [7, 11) is 5.02. The number of methoxy groups -OCH3 is 2. The van der Waals surface area contributed by atoms with Crippen LogP contribution in [-0.2, 0) is 13.1 Å². The first kappa shape index (κ1) is 19.7. The Bertz CT molecular complexity index is 1030. The molecule has 0 amide bonds. The van der Waals surface area contributed by atoms with E-state index < -0.39 is 0 Å². The smallest absolute Gasteiger partial charge is 0.253 e. The molecular weight excluding hydrogens is 374 g/mol. The number of nitrogens with one attached hydrogen (secondary N) is 2. The van der Waals surface area contributed by atoms with E-state index in [4.69, 9.17) is 21.7 Å². The van der Waals surface area contributed by atoms with Gasteiger partial charge in [0.2, 0.25) is 0 Å². The van der Waals surface area contributed by atoms with E-state index in [1.165, 1.54) is 0 Å². The fraction of sp³-hybridized carbons (Fsp3) is 0.238. The lowest BCUT2D eigenvalue weighted by molar-refractivity contribution is 0.398. The van der Waals surface area contributed by atoms with Crippen LogP contribution in [0.1, 0.15) is 11.1 Å². The normalized spacial score (nSPS) is 10.5. The molecule has 28 heavy (non-hydrogen) atoms. The van der Waals surface area contributed by atoms with Crippen LogP contribution >= 0.6 is 12.2 Å². The third-order valence-electron chi connectivity index (χ3n) is 4.52. The van der Waals surface area contributed by atoms with Gasteiger partial charge in [-0.1, -0.05) is 12.1 Å². The average Bonchev–Trinajstić information content (AvgIpc) is 2.73. The maximum atomic E-state index is 12.6. The van der Waals surface area contributed by atoms with Gasteiger partial charge in [-0.25, -0.2) is 0 Å². The van der Waals surface area contributed by atoms with Crippen molar-refractivity contribution in [2.75, 3.05) is 21.3 Å². The Labute approximate surface area is 169 Å². The third-order valence-corrected chi connectivity index (χ3v) is 4.99. The van der Waals surface area contributed by atoms with Gasteiger partial charge in [-0.2, -0.15) is 0 Å². The number of benzene rings is 2. The van der Waals surface area contributed by atoms with E-state index in [1.54, 1.807) is 21.3 Å². The monoisotopic (exact) mass is 397 g/mol. The van der Waals surface area contributed by atoms with Gasteiger partial charge in [0.05, 0.1) is 26.3 Å². The summed E-state index contributed by atoms with van der Waals surface area (Å²) in [6.07, 6.45) is 0. The SMILES string of the molecule is CNC(=S)N(Cc1ccc(OC)cc1)Cc1cc2ccc(OC)cc2[nH]c1=O. The molecule has 1 aromatic heterocycles. The molecule has 0 atom stereocenters. The van der Waals surface area contributed by atoms with Gasteiger partial charge in [-0.3, -0.25) is 4.79 Å². The summed E-state index contributed by atoms with van der Waals surface area (Å²) in [4.78, 5) is 17.5. The Morgan fingerprint density at radius 2 is 1.71 bits per heavy atom. The molecule has 146 valence electrons. The molecular formula is C21H23N3O3S. The minimum Gasteiger partial charge on any atom is -0.497 e. The highest BCUT2D eigenvalue weighted by Gasteiger charge is 2.13. The van der Waals surface area contributed by atoms with Crippen molar-refractivity contribution in [2.24, 2.45) is 0 Å². The number of H-pyrrole nitrogens is 1. The van der Waals surface area contributed by atoms with Crippen molar-refractivity contribution >= 4 is 28.2 Å². The summed E-state index contributed by atoms with van der Waals surface area (Å²) in [5, 5.41) is 4.52. The minimum absolute atomic E-state index is 0.139. The number of nitrogens with zero attached hydrogens (tertiary/aromatic N) is 1. The highest BCUT2D eigenvalue weighted by Crippen LogP contribution is 2.20. The van der Waals surface area contributed by atoms with E-state index in [0.717, 1.165) is 22.2 Å². The molecule has 0 saturated carbocycles. The molecule has 0 spiro atoms. The summed E-state index contributed by atoms with van der Waals surface area (Å²) in [6.45, 7) is 0.965. The van der Waals surface area contributed by atoms with Crippen LogP contribution in [0.2, 0.25) is 0 Å². The Kier molecular flexibility index (Phi) is 6.16. The number of aromatic nitrogens is 1. The number of hydrogen-bond acceptors (Lipinski definition) is 4. The van der Waals surface area contributed by atoms with Gasteiger partial charge >= 0.3 is 0 Å². The Balaban J connectivity index is 1.88. The van der Waals surface area contributed by atoms with Crippen molar-refractivity contribution in [1.82, 2.24) is 15.2 Å². The zero-order chi connectivity index (χ0) is 20.1. The molecule has 0 bridgehead atoms. The zero-order valence-corrected chi connectivity index (χ0v) is 16.9. The van der Waals surface area contributed by atoms with Crippen LogP contribution in [0.4, 0.5) is 0 Å². The average molecular weight is 398 g/mol. The van der Waals surface area contributed by atoms with Gasteiger partial charge in [0.25, 0.3) is 5.56 Å². The topological polar surface area (TPSA) is 66.6 Å². The van der Waals surface area contributed by atoms with Gasteiger partial charge in [0.15, 0.2) is 5.11 Å². The number of rotatable bonds is 6. The summed E-state index contributed by atoms with van der Waals surface area (Å²) < 4.78 is 10.4. The van der Waals surface area contributed by atoms with Crippen LogP contribution in [0.15, 0.2) is 53.3 Å². The third kappa shape index (κ3) is 4.43. The van der Waals surface area contributed by atoms with Gasteiger partial charge in [0.1, 0.15) is 11.5 Å². The van der Waals surface area contributed by atoms with Gasteiger partial charge < -0.3 is 24.7 Å². The van der Waals surface area contributed by atoms with Crippen molar-refractivity contribution < 1.29 is 9.47 Å². The second-order valence-electron chi connectivity index (χ2n) is 6.34. The number of hydrogen-bond donors (Lipinski definition) is 2. The number of ether oxygens (including phenoxy) is 2. The van der Waals surface area contributed by atoms with Gasteiger partial charge in [-0.15, -0.1) is 0 Å². The summed E-state index contributed by atoms with van der Waals surface area (Å²) >= 11 is 5.46. The van der Waals surface area contributed by atoms with E-state index in [-0.39, 0.29) is 5.56 Å². The van der Waals surface area contributed by atoms with Crippen molar-refractivity contribution in [3.63, 3.8) is 0 Å². The van der Waals surface area contributed by atoms with Gasteiger partial charge in [-0.05, 0) is 53.5 Å². The van der Waals surface area contributed by atoms with Crippen LogP contribution in [0.5, 0.6) is 11.5 Å². The Morgan fingerprint density at radius 1 is 1.04 bits per heavy atom. The summed E-state index contributed by atoms with van der Waals surface area (Å²) in [5.74, 6) is 1.50. The molecule has 7 heteroatoms. The van der Waals surface area contributed by atoms with Crippen LogP contribution in [-0.4, -0.2) is 36.3 Å². The Hall–Kier alpha value is -3.06. The number of aromatic amines is 1. The highest BCUT2D eigenvalue weighted by atomic mass is 32.1. The number of thiocarbonyl (C=S) groups is 1. The fourth-order valence-electron chi connectivity index (χ4n) is 2.98. The number of pyridine rings is 1. The first-order valence-corrected chi connectivity index (χ1v) is 9.24. The molecule has 3 rings (SSSR count). The first-order chi connectivity index (χ1) is 13.5. The molecule has 2 aromatic carbocycles. The Morgan fingerprint density at radius 3 is 2.36 bits per heavy atom. The largest absolute Gasteiger partial charge is 0.497 e. The lowest BCUT2D eigenvalue weighted by atomic mass is 10.1. The second kappa shape index (κ2) is 8.75. The van der Waals surface area contributed by atoms with E-state index in [2.05, 4.69) is 10.3 Å².